The summed E-state index contributed by atoms with van der Waals surface area (Å²) in [4.78, 5) is 2.30. The second-order valence-corrected chi connectivity index (χ2v) is 4.69. The molecule has 0 amide bonds. The van der Waals surface area contributed by atoms with Crippen LogP contribution in [0.4, 0.5) is 5.69 Å². The van der Waals surface area contributed by atoms with Crippen LogP contribution in [-0.2, 0) is 0 Å². The van der Waals surface area contributed by atoms with Crippen molar-refractivity contribution in [1.29, 1.82) is 0 Å². The van der Waals surface area contributed by atoms with Gasteiger partial charge in [0.25, 0.3) is 0 Å². The molecule has 2 nitrogen and oxygen atoms in total. The second kappa shape index (κ2) is 5.97. The fourth-order valence-electron chi connectivity index (χ4n) is 1.90. The van der Waals surface area contributed by atoms with Crippen LogP contribution in [-0.4, -0.2) is 25.7 Å². The van der Waals surface area contributed by atoms with E-state index in [0.29, 0.717) is 6.04 Å². The highest BCUT2D eigenvalue weighted by atomic mass is 35.5. The lowest BCUT2D eigenvalue weighted by Crippen LogP contribution is -2.50. The Hall–Kier alpha value is -0.150. The molecule has 1 saturated heterocycles. The molecule has 90 valence electrons. The van der Waals surface area contributed by atoms with Crippen molar-refractivity contribution in [3.63, 3.8) is 0 Å². The van der Waals surface area contributed by atoms with Gasteiger partial charge < -0.3 is 10.2 Å². The largest absolute Gasteiger partial charge is 0.365 e. The molecular weight excluding hydrogens is 266 g/mol. The molecule has 1 aliphatic rings. The van der Waals surface area contributed by atoms with E-state index in [0.717, 1.165) is 35.4 Å². The summed E-state index contributed by atoms with van der Waals surface area (Å²) in [5.41, 5.74) is 1.04. The number of piperazine rings is 1. The monoisotopic (exact) mass is 280 g/mol. The zero-order valence-corrected chi connectivity index (χ0v) is 11.4. The van der Waals surface area contributed by atoms with Crippen LogP contribution in [0.2, 0.25) is 10.0 Å². The Balaban J connectivity index is 0.00000128. The lowest BCUT2D eigenvalue weighted by molar-refractivity contribution is 0.501. The van der Waals surface area contributed by atoms with E-state index in [4.69, 9.17) is 23.2 Å². The van der Waals surface area contributed by atoms with Gasteiger partial charge in [-0.15, -0.1) is 12.4 Å². The van der Waals surface area contributed by atoms with Crippen molar-refractivity contribution in [2.24, 2.45) is 0 Å². The van der Waals surface area contributed by atoms with Crippen molar-refractivity contribution < 1.29 is 0 Å². The smallest absolute Gasteiger partial charge is 0.0640 e. The van der Waals surface area contributed by atoms with E-state index in [2.05, 4.69) is 17.1 Å². The van der Waals surface area contributed by atoms with Crippen molar-refractivity contribution in [2.45, 2.75) is 13.0 Å². The number of nitrogens with one attached hydrogen (secondary N) is 1. The molecule has 2 rings (SSSR count). The van der Waals surface area contributed by atoms with E-state index in [1.54, 1.807) is 0 Å². The SMILES string of the molecule is C[C@@H]1CNCCN1c1cc(Cl)ccc1Cl.Cl. The average Bonchev–Trinajstić information content (AvgIpc) is 2.23. The highest BCUT2D eigenvalue weighted by molar-refractivity contribution is 6.35. The Labute approximate surface area is 112 Å². The first-order valence-corrected chi connectivity index (χ1v) is 5.86. The lowest BCUT2D eigenvalue weighted by Gasteiger charge is -2.36. The first kappa shape index (κ1) is 13.9. The summed E-state index contributed by atoms with van der Waals surface area (Å²) in [6, 6.07) is 6.06. The van der Waals surface area contributed by atoms with Gasteiger partial charge in [-0.25, -0.2) is 0 Å². The fraction of sp³-hybridized carbons (Fsp3) is 0.455. The van der Waals surface area contributed by atoms with Gasteiger partial charge in [0.15, 0.2) is 0 Å². The zero-order valence-electron chi connectivity index (χ0n) is 9.04. The van der Waals surface area contributed by atoms with Crippen LogP contribution < -0.4 is 10.2 Å². The third kappa shape index (κ3) is 2.95. The molecule has 0 radical (unpaired) electrons. The van der Waals surface area contributed by atoms with E-state index in [9.17, 15) is 0 Å². The van der Waals surface area contributed by atoms with Crippen molar-refractivity contribution in [2.75, 3.05) is 24.5 Å². The molecular formula is C11H15Cl3N2. The second-order valence-electron chi connectivity index (χ2n) is 3.84. The minimum Gasteiger partial charge on any atom is -0.365 e. The summed E-state index contributed by atoms with van der Waals surface area (Å²) in [6.45, 7) is 5.14. The van der Waals surface area contributed by atoms with Crippen molar-refractivity contribution in [3.8, 4) is 0 Å². The normalized spacial score (nSPS) is 20.4. The van der Waals surface area contributed by atoms with E-state index < -0.39 is 0 Å². The maximum absolute atomic E-state index is 6.17. The molecule has 1 atom stereocenters. The minimum atomic E-state index is 0. The summed E-state index contributed by atoms with van der Waals surface area (Å²) in [7, 11) is 0. The molecule has 1 aromatic carbocycles. The van der Waals surface area contributed by atoms with Gasteiger partial charge in [-0.3, -0.25) is 0 Å². The van der Waals surface area contributed by atoms with E-state index in [1.807, 2.05) is 18.2 Å². The summed E-state index contributed by atoms with van der Waals surface area (Å²) in [6.07, 6.45) is 0. The van der Waals surface area contributed by atoms with Gasteiger partial charge in [0.05, 0.1) is 10.7 Å². The molecule has 0 aromatic heterocycles. The Bertz CT molecular complexity index is 357. The highest BCUT2D eigenvalue weighted by Crippen LogP contribution is 2.30. The van der Waals surface area contributed by atoms with Crippen LogP contribution in [0.1, 0.15) is 6.92 Å². The number of nitrogens with zero attached hydrogens (tertiary/aromatic N) is 1. The molecule has 0 unspecified atom stereocenters. The Morgan fingerprint density at radius 3 is 2.81 bits per heavy atom. The first-order chi connectivity index (χ1) is 7.18. The number of halogens is 3. The molecule has 1 aliphatic heterocycles. The van der Waals surface area contributed by atoms with Crippen molar-refractivity contribution in [1.82, 2.24) is 5.32 Å². The Morgan fingerprint density at radius 2 is 2.12 bits per heavy atom. The molecule has 1 heterocycles. The average molecular weight is 282 g/mol. The Morgan fingerprint density at radius 1 is 1.38 bits per heavy atom. The third-order valence-electron chi connectivity index (χ3n) is 2.72. The van der Waals surface area contributed by atoms with Crippen LogP contribution in [0.5, 0.6) is 0 Å². The summed E-state index contributed by atoms with van der Waals surface area (Å²) in [5, 5.41) is 4.86. The van der Waals surface area contributed by atoms with Gasteiger partial charge in [-0.1, -0.05) is 23.2 Å². The van der Waals surface area contributed by atoms with Crippen LogP contribution in [0.25, 0.3) is 0 Å². The zero-order chi connectivity index (χ0) is 10.8. The molecule has 1 N–H and O–H groups in total. The molecule has 1 fully saturated rings. The summed E-state index contributed by atoms with van der Waals surface area (Å²) < 4.78 is 0. The highest BCUT2D eigenvalue weighted by Gasteiger charge is 2.20. The number of benzene rings is 1. The van der Waals surface area contributed by atoms with Gasteiger partial charge in [-0.05, 0) is 25.1 Å². The van der Waals surface area contributed by atoms with Crippen molar-refractivity contribution in [3.05, 3.63) is 28.2 Å². The molecule has 5 heteroatoms. The van der Waals surface area contributed by atoms with Crippen LogP contribution in [0.15, 0.2) is 18.2 Å². The van der Waals surface area contributed by atoms with Crippen molar-refractivity contribution >= 4 is 41.3 Å². The van der Waals surface area contributed by atoms with E-state index >= 15 is 0 Å². The van der Waals surface area contributed by atoms with Gasteiger partial charge in [-0.2, -0.15) is 0 Å². The maximum atomic E-state index is 6.17. The molecule has 16 heavy (non-hydrogen) atoms. The standard InChI is InChI=1S/C11H14Cl2N2.ClH/c1-8-7-14-4-5-15(8)11-6-9(12)2-3-10(11)13;/h2-3,6,8,14H,4-5,7H2,1H3;1H/t8-;/m1./s1. The summed E-state index contributed by atoms with van der Waals surface area (Å²) >= 11 is 12.2. The quantitative estimate of drug-likeness (QED) is 0.850. The van der Waals surface area contributed by atoms with Crippen LogP contribution >= 0.6 is 35.6 Å². The minimum absolute atomic E-state index is 0. The van der Waals surface area contributed by atoms with E-state index in [1.165, 1.54) is 0 Å². The molecule has 1 aromatic rings. The Kier molecular flexibility index (Phi) is 5.19. The number of rotatable bonds is 1. The van der Waals surface area contributed by atoms with Gasteiger partial charge in [0, 0.05) is 30.7 Å². The molecule has 0 spiro atoms. The van der Waals surface area contributed by atoms with Crippen LogP contribution in [0, 0.1) is 0 Å². The fourth-order valence-corrected chi connectivity index (χ4v) is 2.30. The number of anilines is 1. The van der Waals surface area contributed by atoms with E-state index in [-0.39, 0.29) is 12.4 Å². The molecule has 0 aliphatic carbocycles. The number of hydrogen-bond acceptors (Lipinski definition) is 2. The maximum Gasteiger partial charge on any atom is 0.0640 e. The lowest BCUT2D eigenvalue weighted by atomic mass is 10.2. The third-order valence-corrected chi connectivity index (χ3v) is 3.27. The summed E-state index contributed by atoms with van der Waals surface area (Å²) in [5.74, 6) is 0. The van der Waals surface area contributed by atoms with Crippen LogP contribution in [0.3, 0.4) is 0 Å². The molecule has 0 bridgehead atoms. The van der Waals surface area contributed by atoms with Gasteiger partial charge in [0.2, 0.25) is 0 Å². The predicted molar refractivity (Wildman–Crippen MR) is 73.4 cm³/mol. The predicted octanol–water partition coefficient (Wildman–Crippen LogP) is 3.21. The molecule has 0 saturated carbocycles. The van der Waals surface area contributed by atoms with Gasteiger partial charge in [0.1, 0.15) is 0 Å². The van der Waals surface area contributed by atoms with Gasteiger partial charge >= 0.3 is 0 Å². The topological polar surface area (TPSA) is 15.3 Å². The first-order valence-electron chi connectivity index (χ1n) is 5.11. The number of hydrogen-bond donors (Lipinski definition) is 1.